The molecule has 0 radical (unpaired) electrons. The van der Waals surface area contributed by atoms with Crippen molar-refractivity contribution in [2.45, 2.75) is 39.7 Å². The predicted octanol–water partition coefficient (Wildman–Crippen LogP) is 2.99. The van der Waals surface area contributed by atoms with Gasteiger partial charge in [0.2, 0.25) is 0 Å². The largest absolute Gasteiger partial charge is 0.361 e. The fourth-order valence-electron chi connectivity index (χ4n) is 2.61. The molecule has 5 nitrogen and oxygen atoms in total. The van der Waals surface area contributed by atoms with Crippen molar-refractivity contribution in [3.05, 3.63) is 52.4 Å². The second-order valence-electron chi connectivity index (χ2n) is 5.62. The predicted molar refractivity (Wildman–Crippen MR) is 93.5 cm³/mol. The Kier molecular flexibility index (Phi) is 6.91. The van der Waals surface area contributed by atoms with Crippen LogP contribution in [0.2, 0.25) is 0 Å². The van der Waals surface area contributed by atoms with Crippen LogP contribution < -0.4 is 10.6 Å². The lowest BCUT2D eigenvalue weighted by Gasteiger charge is -2.12. The molecule has 0 aliphatic heterocycles. The third-order valence-corrected chi connectivity index (χ3v) is 3.89. The zero-order valence-corrected chi connectivity index (χ0v) is 14.8. The van der Waals surface area contributed by atoms with Crippen LogP contribution >= 0.6 is 0 Å². The molecule has 0 unspecified atom stereocenters. The molecule has 1 aromatic heterocycles. The van der Waals surface area contributed by atoms with E-state index >= 15 is 0 Å². The number of guanidine groups is 1. The van der Waals surface area contributed by atoms with Gasteiger partial charge in [-0.2, -0.15) is 0 Å². The monoisotopic (exact) mass is 350 g/mol. The fraction of sp³-hybridized carbons (Fsp3) is 0.444. The van der Waals surface area contributed by atoms with Crippen LogP contribution in [0.5, 0.6) is 0 Å². The van der Waals surface area contributed by atoms with Gasteiger partial charge >= 0.3 is 0 Å². The van der Waals surface area contributed by atoms with Crippen LogP contribution in [0, 0.1) is 11.6 Å². The SMILES string of the molecule is CCc1noc(CC)c1CNC(=NC)NCCc1cc(F)cc(F)c1. The normalized spacial score (nSPS) is 11.6. The maximum absolute atomic E-state index is 13.2. The van der Waals surface area contributed by atoms with E-state index in [1.165, 1.54) is 12.1 Å². The molecule has 0 saturated heterocycles. The number of aliphatic imine (C=N–C) groups is 1. The number of benzene rings is 1. The Hall–Kier alpha value is -2.44. The van der Waals surface area contributed by atoms with Crippen LogP contribution in [-0.4, -0.2) is 24.7 Å². The van der Waals surface area contributed by atoms with Crippen LogP contribution in [0.4, 0.5) is 8.78 Å². The summed E-state index contributed by atoms with van der Waals surface area (Å²) in [6.45, 7) is 5.12. The smallest absolute Gasteiger partial charge is 0.191 e. The second kappa shape index (κ2) is 9.15. The van der Waals surface area contributed by atoms with E-state index in [0.29, 0.717) is 31.0 Å². The number of hydrogen-bond acceptors (Lipinski definition) is 3. The minimum Gasteiger partial charge on any atom is -0.361 e. The highest BCUT2D eigenvalue weighted by molar-refractivity contribution is 5.79. The van der Waals surface area contributed by atoms with Gasteiger partial charge in [0, 0.05) is 38.2 Å². The van der Waals surface area contributed by atoms with E-state index in [2.05, 4.69) is 20.8 Å². The van der Waals surface area contributed by atoms with Crippen molar-refractivity contribution in [2.24, 2.45) is 4.99 Å². The zero-order chi connectivity index (χ0) is 18.2. The standard InChI is InChI=1S/C18H24F2N4O/c1-4-16-15(17(5-2)25-24-16)11-23-18(21-3)22-7-6-12-8-13(19)10-14(20)9-12/h8-10H,4-7,11H2,1-3H3,(H2,21,22,23). The van der Waals surface area contributed by atoms with Crippen LogP contribution in [-0.2, 0) is 25.8 Å². The lowest BCUT2D eigenvalue weighted by Crippen LogP contribution is -2.38. The Bertz CT molecular complexity index is 686. The summed E-state index contributed by atoms with van der Waals surface area (Å²) in [5, 5.41) is 10.4. The number of hydrogen-bond donors (Lipinski definition) is 2. The molecule has 0 spiro atoms. The maximum Gasteiger partial charge on any atom is 0.191 e. The van der Waals surface area contributed by atoms with Crippen molar-refractivity contribution < 1.29 is 13.3 Å². The highest BCUT2D eigenvalue weighted by atomic mass is 19.1. The van der Waals surface area contributed by atoms with Crippen molar-refractivity contribution in [1.82, 2.24) is 15.8 Å². The van der Waals surface area contributed by atoms with E-state index in [0.717, 1.165) is 35.9 Å². The lowest BCUT2D eigenvalue weighted by molar-refractivity contribution is 0.380. The van der Waals surface area contributed by atoms with Crippen LogP contribution in [0.25, 0.3) is 0 Å². The van der Waals surface area contributed by atoms with Gasteiger partial charge in [0.1, 0.15) is 17.4 Å². The van der Waals surface area contributed by atoms with Crippen LogP contribution in [0.1, 0.15) is 36.4 Å². The minimum atomic E-state index is -0.566. The van der Waals surface area contributed by atoms with E-state index in [4.69, 9.17) is 4.52 Å². The first-order valence-corrected chi connectivity index (χ1v) is 8.43. The number of aryl methyl sites for hydroxylation is 2. The molecule has 2 N–H and O–H groups in total. The van der Waals surface area contributed by atoms with Crippen molar-refractivity contribution in [2.75, 3.05) is 13.6 Å². The van der Waals surface area contributed by atoms with Crippen molar-refractivity contribution in [3.63, 3.8) is 0 Å². The van der Waals surface area contributed by atoms with Crippen molar-refractivity contribution in [1.29, 1.82) is 0 Å². The molecule has 2 aromatic rings. The van der Waals surface area contributed by atoms with Crippen molar-refractivity contribution >= 4 is 5.96 Å². The molecule has 0 aliphatic carbocycles. The Morgan fingerprint density at radius 2 is 1.84 bits per heavy atom. The molecule has 0 aliphatic rings. The zero-order valence-electron chi connectivity index (χ0n) is 14.8. The molecule has 25 heavy (non-hydrogen) atoms. The number of rotatable bonds is 7. The van der Waals surface area contributed by atoms with Gasteiger partial charge in [-0.1, -0.05) is 19.0 Å². The number of nitrogens with zero attached hydrogens (tertiary/aromatic N) is 2. The lowest BCUT2D eigenvalue weighted by atomic mass is 10.1. The summed E-state index contributed by atoms with van der Waals surface area (Å²) in [6.07, 6.45) is 2.07. The van der Waals surface area contributed by atoms with Gasteiger partial charge in [-0.25, -0.2) is 8.78 Å². The number of nitrogens with one attached hydrogen (secondary N) is 2. The van der Waals surface area contributed by atoms with E-state index in [9.17, 15) is 8.78 Å². The summed E-state index contributed by atoms with van der Waals surface area (Å²) in [5.41, 5.74) is 2.59. The third kappa shape index (κ3) is 5.27. The van der Waals surface area contributed by atoms with Gasteiger partial charge in [0.15, 0.2) is 5.96 Å². The molecule has 0 bridgehead atoms. The molecule has 1 heterocycles. The van der Waals surface area contributed by atoms with Crippen LogP contribution in [0.15, 0.2) is 27.7 Å². The maximum atomic E-state index is 13.2. The highest BCUT2D eigenvalue weighted by Gasteiger charge is 2.13. The van der Waals surface area contributed by atoms with Gasteiger partial charge in [-0.05, 0) is 30.5 Å². The summed E-state index contributed by atoms with van der Waals surface area (Å²) >= 11 is 0. The average molecular weight is 350 g/mol. The Morgan fingerprint density at radius 3 is 2.44 bits per heavy atom. The van der Waals surface area contributed by atoms with Crippen molar-refractivity contribution in [3.8, 4) is 0 Å². The number of halogens is 2. The quantitative estimate of drug-likeness (QED) is 0.595. The third-order valence-electron chi connectivity index (χ3n) is 3.89. The molecule has 0 amide bonds. The Morgan fingerprint density at radius 1 is 1.12 bits per heavy atom. The Labute approximate surface area is 146 Å². The van der Waals surface area contributed by atoms with E-state index in [1.807, 2.05) is 13.8 Å². The van der Waals surface area contributed by atoms with E-state index in [1.54, 1.807) is 7.05 Å². The van der Waals surface area contributed by atoms with Gasteiger partial charge in [0.25, 0.3) is 0 Å². The summed E-state index contributed by atoms with van der Waals surface area (Å²) in [4.78, 5) is 4.16. The van der Waals surface area contributed by atoms with E-state index < -0.39 is 11.6 Å². The first-order chi connectivity index (χ1) is 12.1. The summed E-state index contributed by atoms with van der Waals surface area (Å²) in [6, 6.07) is 3.53. The first-order valence-electron chi connectivity index (χ1n) is 8.43. The van der Waals surface area contributed by atoms with Gasteiger partial charge in [-0.3, -0.25) is 4.99 Å². The molecule has 2 rings (SSSR count). The van der Waals surface area contributed by atoms with Gasteiger partial charge in [-0.15, -0.1) is 0 Å². The summed E-state index contributed by atoms with van der Waals surface area (Å²) in [7, 11) is 1.67. The molecule has 0 saturated carbocycles. The fourth-order valence-corrected chi connectivity index (χ4v) is 2.61. The highest BCUT2D eigenvalue weighted by Crippen LogP contribution is 2.15. The molecule has 136 valence electrons. The molecular formula is C18H24F2N4O. The topological polar surface area (TPSA) is 62.5 Å². The first kappa shape index (κ1) is 18.9. The second-order valence-corrected chi connectivity index (χ2v) is 5.62. The van der Waals surface area contributed by atoms with E-state index in [-0.39, 0.29) is 0 Å². The molecule has 0 atom stereocenters. The van der Waals surface area contributed by atoms with Gasteiger partial charge < -0.3 is 15.2 Å². The summed E-state index contributed by atoms with van der Waals surface area (Å²) in [5.74, 6) is 0.352. The molecule has 1 aromatic carbocycles. The Balaban J connectivity index is 1.88. The summed E-state index contributed by atoms with van der Waals surface area (Å²) < 4.78 is 31.7. The molecule has 7 heteroatoms. The molecule has 0 fully saturated rings. The number of aromatic nitrogens is 1. The average Bonchev–Trinajstić information content (AvgIpc) is 2.99. The van der Waals surface area contributed by atoms with Gasteiger partial charge in [0.05, 0.1) is 5.69 Å². The minimum absolute atomic E-state index is 0.489. The molecular weight excluding hydrogens is 326 g/mol. The van der Waals surface area contributed by atoms with Crippen LogP contribution in [0.3, 0.4) is 0 Å².